The molecule has 0 atom stereocenters. The van der Waals surface area contributed by atoms with Gasteiger partial charge in [-0.25, -0.2) is 11.6 Å². The maximum Gasteiger partial charge on any atom is 3.00 e. The summed E-state index contributed by atoms with van der Waals surface area (Å²) in [5.41, 5.74) is 6.76. The minimum Gasteiger partial charge on any atom is -0.496 e. The molecule has 2 rings (SSSR count). The summed E-state index contributed by atoms with van der Waals surface area (Å²) in [6, 6.07) is 11.5. The molecule has 0 fully saturated rings. The summed E-state index contributed by atoms with van der Waals surface area (Å²) in [4.78, 5) is 0. The van der Waals surface area contributed by atoms with Crippen molar-refractivity contribution in [1.29, 1.82) is 0 Å². The van der Waals surface area contributed by atoms with Crippen LogP contribution >= 0.6 is 0 Å². The molecule has 0 unspecified atom stereocenters. The standard InChI is InChI=1S/C23H33O.2C4H11Si.Y/c1-9-23(10-2,18-12-11-16(3)13-18)20-15-17(4)14-19(21(20)24-8)22(5,6)7;2*1-5(2,3)4;/h11-15H,9-10H2,1-8H3;2*1H2,2-4H3;/q3*-1;+3. The van der Waals surface area contributed by atoms with Crippen LogP contribution in [0, 0.1) is 26.9 Å². The Morgan fingerprint density at radius 3 is 1.51 bits per heavy atom. The quantitative estimate of drug-likeness (QED) is 0.250. The average molecular weight is 589 g/mol. The second-order valence-corrected chi connectivity index (χ2v) is 23.5. The van der Waals surface area contributed by atoms with Gasteiger partial charge in [-0.2, -0.15) is 12.1 Å². The van der Waals surface area contributed by atoms with E-state index in [1.54, 1.807) is 0 Å². The van der Waals surface area contributed by atoms with Gasteiger partial charge < -0.3 is 17.8 Å². The fraction of sp³-hybridized carbons (Fsp3) is 0.581. The molecule has 35 heavy (non-hydrogen) atoms. The molecule has 196 valence electrons. The van der Waals surface area contributed by atoms with Crippen molar-refractivity contribution >= 4 is 16.1 Å². The first-order valence-corrected chi connectivity index (χ1v) is 20.2. The molecule has 0 aliphatic rings. The van der Waals surface area contributed by atoms with Crippen molar-refractivity contribution in [2.45, 2.75) is 111 Å². The molecular weight excluding hydrogens is 533 g/mol. The van der Waals surface area contributed by atoms with Crippen LogP contribution in [0.15, 0.2) is 30.3 Å². The topological polar surface area (TPSA) is 9.23 Å². The van der Waals surface area contributed by atoms with Gasteiger partial charge >= 0.3 is 32.7 Å². The fourth-order valence-corrected chi connectivity index (χ4v) is 3.96. The Bertz CT molecular complexity index is 849. The first-order chi connectivity index (χ1) is 15.2. The molecule has 0 N–H and O–H groups in total. The Morgan fingerprint density at radius 2 is 1.23 bits per heavy atom. The number of ether oxygens (including phenoxy) is 1. The molecule has 0 spiro atoms. The van der Waals surface area contributed by atoms with Gasteiger partial charge in [0.2, 0.25) is 0 Å². The number of benzene rings is 1. The SMILES string of the molecule is CCC(CC)(c1cc(C)cc(C(C)(C)C)c1OC)[c-]1ccc(C)c1.[CH2-][Si](C)(C)C.[CH2-][Si](C)(C)C.[Y+3]. The third-order valence-corrected chi connectivity index (χ3v) is 5.43. The van der Waals surface area contributed by atoms with Crippen LogP contribution in [-0.4, -0.2) is 23.3 Å². The third-order valence-electron chi connectivity index (χ3n) is 5.43. The van der Waals surface area contributed by atoms with Gasteiger partial charge in [0.1, 0.15) is 5.75 Å². The van der Waals surface area contributed by atoms with Crippen molar-refractivity contribution in [2.24, 2.45) is 0 Å². The molecule has 2 aromatic carbocycles. The Balaban J connectivity index is 0. The Labute approximate surface area is 247 Å². The number of hydrogen-bond donors (Lipinski definition) is 0. The maximum absolute atomic E-state index is 6.00. The molecule has 2 aromatic rings. The van der Waals surface area contributed by atoms with E-state index in [0.717, 1.165) is 18.6 Å². The predicted octanol–water partition coefficient (Wildman–Crippen LogP) is 9.83. The summed E-state index contributed by atoms with van der Waals surface area (Å²) < 4.78 is 6.00. The molecule has 0 aliphatic heterocycles. The molecule has 0 amide bonds. The van der Waals surface area contributed by atoms with Crippen LogP contribution in [0.2, 0.25) is 39.3 Å². The smallest absolute Gasteiger partial charge is 0.496 e. The molecule has 4 heteroatoms. The molecule has 0 radical (unpaired) electrons. The minimum absolute atomic E-state index is 0. The van der Waals surface area contributed by atoms with Crippen LogP contribution in [0.25, 0.3) is 0 Å². The normalized spacial score (nSPS) is 12.0. The van der Waals surface area contributed by atoms with Gasteiger partial charge in [-0.1, -0.05) is 111 Å². The van der Waals surface area contributed by atoms with Gasteiger partial charge in [0.15, 0.2) is 0 Å². The maximum atomic E-state index is 6.00. The molecule has 0 aromatic heterocycles. The van der Waals surface area contributed by atoms with Gasteiger partial charge in [-0.05, 0) is 28.9 Å². The summed E-state index contributed by atoms with van der Waals surface area (Å²) in [6.45, 7) is 36.9. The largest absolute Gasteiger partial charge is 3.00 e. The van der Waals surface area contributed by atoms with E-state index in [1.165, 1.54) is 27.8 Å². The Hall–Kier alpha value is -0.0923. The summed E-state index contributed by atoms with van der Waals surface area (Å²) in [6.07, 6.45) is 2.13. The van der Waals surface area contributed by atoms with Gasteiger partial charge in [-0.3, -0.25) is 0 Å². The number of aryl methyl sites for hydroxylation is 2. The molecule has 0 bridgehead atoms. The van der Waals surface area contributed by atoms with Crippen LogP contribution in [-0.2, 0) is 43.5 Å². The zero-order valence-corrected chi connectivity index (χ0v) is 30.5. The number of hydrogen-bond acceptors (Lipinski definition) is 1. The minimum atomic E-state index is -0.861. The van der Waals surface area contributed by atoms with Crippen LogP contribution in [0.4, 0.5) is 0 Å². The zero-order chi connectivity index (χ0) is 27.1. The zero-order valence-electron chi connectivity index (χ0n) is 25.7. The molecule has 0 heterocycles. The van der Waals surface area contributed by atoms with E-state index in [2.05, 4.69) is 131 Å². The van der Waals surface area contributed by atoms with Gasteiger partial charge in [0, 0.05) is 0 Å². The van der Waals surface area contributed by atoms with E-state index in [1.807, 2.05) is 7.11 Å². The Kier molecular flexibility index (Phi) is 15.6. The van der Waals surface area contributed by atoms with Crippen LogP contribution in [0.5, 0.6) is 5.75 Å². The summed E-state index contributed by atoms with van der Waals surface area (Å²) in [7, 11) is 0.0930. The summed E-state index contributed by atoms with van der Waals surface area (Å²) in [5.74, 6) is 1.07. The van der Waals surface area contributed by atoms with E-state index in [0.29, 0.717) is 0 Å². The van der Waals surface area contributed by atoms with Crippen molar-refractivity contribution in [1.82, 2.24) is 0 Å². The first kappa shape index (κ1) is 37.1. The second kappa shape index (κ2) is 14.7. The number of rotatable bonds is 5. The van der Waals surface area contributed by atoms with Crippen molar-refractivity contribution in [3.8, 4) is 5.75 Å². The second-order valence-electron chi connectivity index (χ2n) is 13.2. The first-order valence-electron chi connectivity index (χ1n) is 12.8. The van der Waals surface area contributed by atoms with Crippen LogP contribution in [0.3, 0.4) is 0 Å². The van der Waals surface area contributed by atoms with E-state index < -0.39 is 16.1 Å². The third kappa shape index (κ3) is 13.3. The van der Waals surface area contributed by atoms with Crippen molar-refractivity contribution in [3.05, 3.63) is 71.2 Å². The fourth-order valence-electron chi connectivity index (χ4n) is 3.96. The molecule has 0 aliphatic carbocycles. The van der Waals surface area contributed by atoms with E-state index in [9.17, 15) is 0 Å². The van der Waals surface area contributed by atoms with E-state index in [-0.39, 0.29) is 43.5 Å². The van der Waals surface area contributed by atoms with E-state index in [4.69, 9.17) is 4.74 Å². The predicted molar refractivity (Wildman–Crippen MR) is 162 cm³/mol. The van der Waals surface area contributed by atoms with Gasteiger partial charge in [0.25, 0.3) is 0 Å². The molecule has 0 saturated carbocycles. The monoisotopic (exact) mass is 588 g/mol. The van der Waals surface area contributed by atoms with Crippen molar-refractivity contribution < 1.29 is 37.4 Å². The summed E-state index contributed by atoms with van der Waals surface area (Å²) >= 11 is 0. The van der Waals surface area contributed by atoms with Crippen molar-refractivity contribution in [2.75, 3.05) is 7.11 Å². The average Bonchev–Trinajstić information content (AvgIpc) is 3.06. The van der Waals surface area contributed by atoms with Gasteiger partial charge in [-0.15, -0.1) is 21.7 Å². The van der Waals surface area contributed by atoms with Crippen LogP contribution in [0.1, 0.15) is 75.3 Å². The Morgan fingerprint density at radius 1 is 0.829 bits per heavy atom. The van der Waals surface area contributed by atoms with Crippen molar-refractivity contribution in [3.63, 3.8) is 0 Å². The molecule has 0 saturated heterocycles. The van der Waals surface area contributed by atoms with Crippen LogP contribution < -0.4 is 4.74 Å². The van der Waals surface area contributed by atoms with Gasteiger partial charge in [0.05, 0.1) is 7.11 Å². The number of methoxy groups -OCH3 is 1. The van der Waals surface area contributed by atoms with E-state index >= 15 is 0 Å². The molecular formula is C31H55OSi2Y. The summed E-state index contributed by atoms with van der Waals surface area (Å²) in [5, 5.41) is 0. The molecule has 1 nitrogen and oxygen atoms in total.